The van der Waals surface area contributed by atoms with Crippen molar-refractivity contribution in [1.29, 1.82) is 5.26 Å². The highest BCUT2D eigenvalue weighted by molar-refractivity contribution is 6.32. The van der Waals surface area contributed by atoms with E-state index < -0.39 is 0 Å². The third-order valence-corrected chi connectivity index (χ3v) is 6.43. The van der Waals surface area contributed by atoms with Crippen molar-refractivity contribution in [2.75, 3.05) is 30.4 Å². The molecule has 2 aromatic rings. The number of anilines is 3. The van der Waals surface area contributed by atoms with Gasteiger partial charge in [0.25, 0.3) is 0 Å². The van der Waals surface area contributed by atoms with Gasteiger partial charge in [-0.05, 0) is 38.0 Å². The fourth-order valence-electron chi connectivity index (χ4n) is 4.52. The normalized spacial score (nSPS) is 23.0. The average Bonchev–Trinajstić information content (AvgIpc) is 3.34. The van der Waals surface area contributed by atoms with Gasteiger partial charge in [0.2, 0.25) is 11.9 Å². The summed E-state index contributed by atoms with van der Waals surface area (Å²) in [6.45, 7) is 3.44. The van der Waals surface area contributed by atoms with E-state index >= 15 is 0 Å². The van der Waals surface area contributed by atoms with Crippen LogP contribution in [0.3, 0.4) is 0 Å². The van der Waals surface area contributed by atoms with Gasteiger partial charge in [0.15, 0.2) is 11.6 Å². The van der Waals surface area contributed by atoms with Gasteiger partial charge in [-0.15, -0.1) is 0 Å². The molecule has 3 atom stereocenters. The number of fused-ring (bicyclic) bond motifs is 1. The molecule has 2 fully saturated rings. The number of nitriles is 1. The van der Waals surface area contributed by atoms with Gasteiger partial charge in [0.1, 0.15) is 11.4 Å². The Morgan fingerprint density at radius 2 is 2.23 bits per heavy atom. The number of nitrogens with zero attached hydrogens (tertiary/aromatic N) is 6. The molecule has 2 aliphatic rings. The minimum atomic E-state index is -0.0536. The Bertz CT molecular complexity index is 970. The van der Waals surface area contributed by atoms with Crippen LogP contribution in [0, 0.1) is 30.1 Å². The van der Waals surface area contributed by atoms with Crippen LogP contribution in [0.4, 0.5) is 17.6 Å². The molecular weight excluding hydrogens is 404 g/mol. The number of halogens is 1. The van der Waals surface area contributed by atoms with Crippen molar-refractivity contribution < 1.29 is 4.79 Å². The summed E-state index contributed by atoms with van der Waals surface area (Å²) >= 11 is 6.28. The molecule has 0 bridgehead atoms. The zero-order valence-electron chi connectivity index (χ0n) is 17.1. The number of H-pyrrole nitrogens is 1. The maximum atomic E-state index is 12.1. The third kappa shape index (κ3) is 4.19. The average molecular weight is 429 g/mol. The summed E-state index contributed by atoms with van der Waals surface area (Å²) in [6, 6.07) is 4.13. The number of carbonyl (C=O) groups excluding carboxylic acids is 1. The van der Waals surface area contributed by atoms with Gasteiger partial charge in [0, 0.05) is 37.9 Å². The number of aromatic amines is 1. The molecule has 10 heteroatoms. The summed E-state index contributed by atoms with van der Waals surface area (Å²) in [5.41, 5.74) is 0.940. The molecule has 0 radical (unpaired) electrons. The van der Waals surface area contributed by atoms with Crippen molar-refractivity contribution in [1.82, 2.24) is 25.1 Å². The molecule has 1 aliphatic carbocycles. The summed E-state index contributed by atoms with van der Waals surface area (Å²) < 4.78 is 0. The van der Waals surface area contributed by atoms with E-state index in [0.717, 1.165) is 38.0 Å². The summed E-state index contributed by atoms with van der Waals surface area (Å²) in [5, 5.41) is 19.4. The van der Waals surface area contributed by atoms with Crippen molar-refractivity contribution >= 4 is 35.1 Å². The predicted octanol–water partition coefficient (Wildman–Crippen LogP) is 2.88. The minimum Gasteiger partial charge on any atom is -0.341 e. The molecule has 0 spiro atoms. The zero-order chi connectivity index (χ0) is 21.3. The Morgan fingerprint density at radius 1 is 1.43 bits per heavy atom. The van der Waals surface area contributed by atoms with Gasteiger partial charge >= 0.3 is 0 Å². The highest BCUT2D eigenvalue weighted by Gasteiger charge is 2.40. The van der Waals surface area contributed by atoms with Crippen LogP contribution in [0.5, 0.6) is 0 Å². The Morgan fingerprint density at radius 3 is 2.97 bits per heavy atom. The molecule has 1 amide bonds. The Kier molecular flexibility index (Phi) is 5.77. The highest BCUT2D eigenvalue weighted by Crippen LogP contribution is 2.38. The molecule has 3 heterocycles. The van der Waals surface area contributed by atoms with E-state index in [0.29, 0.717) is 40.5 Å². The zero-order valence-corrected chi connectivity index (χ0v) is 17.9. The summed E-state index contributed by atoms with van der Waals surface area (Å²) in [5.74, 6) is 2.68. The van der Waals surface area contributed by atoms with Gasteiger partial charge < -0.3 is 15.1 Å². The first-order chi connectivity index (χ1) is 14.4. The third-order valence-electron chi connectivity index (χ3n) is 6.15. The molecule has 4 rings (SSSR count). The second-order valence-corrected chi connectivity index (χ2v) is 8.57. The van der Waals surface area contributed by atoms with Crippen molar-refractivity contribution in [2.24, 2.45) is 11.8 Å². The number of carbonyl (C=O) groups is 1. The van der Waals surface area contributed by atoms with Crippen LogP contribution in [0.15, 0.2) is 12.3 Å². The van der Waals surface area contributed by atoms with E-state index in [9.17, 15) is 4.79 Å². The number of likely N-dealkylation sites (tertiary alicyclic amines) is 1. The van der Waals surface area contributed by atoms with Crippen LogP contribution in [0.25, 0.3) is 0 Å². The van der Waals surface area contributed by atoms with Crippen LogP contribution < -0.4 is 10.2 Å². The van der Waals surface area contributed by atoms with E-state index in [1.54, 1.807) is 6.20 Å². The van der Waals surface area contributed by atoms with Crippen molar-refractivity contribution in [2.45, 2.75) is 38.6 Å². The number of nitrogens with one attached hydrogen (secondary N) is 2. The van der Waals surface area contributed by atoms with Crippen molar-refractivity contribution in [3.63, 3.8) is 0 Å². The molecule has 1 saturated heterocycles. The summed E-state index contributed by atoms with van der Waals surface area (Å²) in [7, 11) is 2.00. The Labute approximate surface area is 180 Å². The number of aryl methyl sites for hydroxylation is 1. The van der Waals surface area contributed by atoms with Crippen LogP contribution in [-0.2, 0) is 4.79 Å². The Hall–Kier alpha value is -2.86. The first kappa shape index (κ1) is 20.4. The largest absolute Gasteiger partial charge is 0.341 e. The smallest absolute Gasteiger partial charge is 0.236 e. The molecule has 0 aromatic carbocycles. The van der Waals surface area contributed by atoms with Crippen LogP contribution >= 0.6 is 11.6 Å². The molecule has 9 nitrogen and oxygen atoms in total. The minimum absolute atomic E-state index is 0.0350. The van der Waals surface area contributed by atoms with Crippen molar-refractivity contribution in [3.8, 4) is 6.07 Å². The SMILES string of the molecule is Cc1cc(Nc2nc(N(C)C3CCC4CN(C(=O)CC#N)CC4C3)ncc2Cl)n[nH]1. The van der Waals surface area contributed by atoms with Crippen molar-refractivity contribution in [3.05, 3.63) is 23.0 Å². The fraction of sp³-hybridized carbons (Fsp3) is 0.550. The fourth-order valence-corrected chi connectivity index (χ4v) is 4.66. The second-order valence-electron chi connectivity index (χ2n) is 8.16. The lowest BCUT2D eigenvalue weighted by Crippen LogP contribution is -2.39. The number of hydrogen-bond acceptors (Lipinski definition) is 7. The van der Waals surface area contributed by atoms with E-state index in [-0.39, 0.29) is 12.3 Å². The maximum Gasteiger partial charge on any atom is 0.236 e. The molecule has 30 heavy (non-hydrogen) atoms. The summed E-state index contributed by atoms with van der Waals surface area (Å²) in [4.78, 5) is 25.1. The summed E-state index contributed by atoms with van der Waals surface area (Å²) in [6.07, 6.45) is 4.62. The molecular formula is C20H25ClN8O. The molecule has 1 aliphatic heterocycles. The van der Waals surface area contributed by atoms with Gasteiger partial charge in [-0.25, -0.2) is 4.98 Å². The monoisotopic (exact) mass is 428 g/mol. The number of rotatable bonds is 5. The topological polar surface area (TPSA) is 114 Å². The van der Waals surface area contributed by atoms with Gasteiger partial charge in [-0.2, -0.15) is 15.3 Å². The highest BCUT2D eigenvalue weighted by atomic mass is 35.5. The number of amides is 1. The second kappa shape index (κ2) is 8.48. The number of hydrogen-bond donors (Lipinski definition) is 2. The lowest BCUT2D eigenvalue weighted by Gasteiger charge is -2.36. The standard InChI is InChI=1S/C20H25ClN8O/c1-12-7-17(27-26-12)24-19-16(21)9-23-20(25-19)28(2)15-4-3-13-10-29(11-14(13)8-15)18(30)5-6-22/h7,9,13-15H,3-5,8,10-11H2,1-2H3,(H2,23,24,25,26,27). The van der Waals surface area contributed by atoms with Gasteiger partial charge in [0.05, 0.1) is 12.3 Å². The number of aromatic nitrogens is 4. The van der Waals surface area contributed by atoms with Crippen LogP contribution in [0.1, 0.15) is 31.4 Å². The first-order valence-electron chi connectivity index (χ1n) is 10.1. The quantitative estimate of drug-likeness (QED) is 0.752. The molecule has 1 saturated carbocycles. The first-order valence-corrected chi connectivity index (χ1v) is 10.5. The lowest BCUT2D eigenvalue weighted by molar-refractivity contribution is -0.129. The lowest BCUT2D eigenvalue weighted by atomic mass is 9.79. The van der Waals surface area contributed by atoms with Gasteiger partial charge in [-0.3, -0.25) is 9.89 Å². The maximum absolute atomic E-state index is 12.1. The van der Waals surface area contributed by atoms with E-state index in [2.05, 4.69) is 30.4 Å². The molecule has 2 aromatic heterocycles. The molecule has 2 N–H and O–H groups in total. The van der Waals surface area contributed by atoms with E-state index in [1.165, 1.54) is 0 Å². The van der Waals surface area contributed by atoms with Crippen LogP contribution in [0.2, 0.25) is 5.02 Å². The van der Waals surface area contributed by atoms with E-state index in [1.807, 2.05) is 31.0 Å². The van der Waals surface area contributed by atoms with Crippen LogP contribution in [-0.4, -0.2) is 57.2 Å². The Balaban J connectivity index is 1.44. The molecule has 158 valence electrons. The molecule has 3 unspecified atom stereocenters. The van der Waals surface area contributed by atoms with Gasteiger partial charge in [-0.1, -0.05) is 11.6 Å². The predicted molar refractivity (Wildman–Crippen MR) is 113 cm³/mol. The van der Waals surface area contributed by atoms with E-state index in [4.69, 9.17) is 16.9 Å².